The Hall–Kier alpha value is -4.56. The highest BCUT2D eigenvalue weighted by Gasteiger charge is 2.57. The van der Waals surface area contributed by atoms with Gasteiger partial charge in [-0.1, -0.05) is 0 Å². The van der Waals surface area contributed by atoms with Crippen molar-refractivity contribution in [1.29, 1.82) is 0 Å². The summed E-state index contributed by atoms with van der Waals surface area (Å²) in [6, 6.07) is 10.1. The van der Waals surface area contributed by atoms with Gasteiger partial charge in [0.2, 0.25) is 11.5 Å². The zero-order valence-electron chi connectivity index (χ0n) is 23.7. The van der Waals surface area contributed by atoms with Crippen LogP contribution in [0.2, 0.25) is 0 Å². The number of benzene rings is 2. The van der Waals surface area contributed by atoms with Crippen LogP contribution in [0.4, 0.5) is 17.6 Å². The molecule has 2 aromatic heterocycles. The molecule has 2 aromatic carbocycles. The van der Waals surface area contributed by atoms with E-state index in [-0.39, 0.29) is 40.8 Å². The van der Waals surface area contributed by atoms with E-state index in [2.05, 4.69) is 15.3 Å². The molecule has 1 saturated carbocycles. The van der Waals surface area contributed by atoms with E-state index in [0.29, 0.717) is 16.2 Å². The molecule has 4 aromatic rings. The molecule has 1 aliphatic carbocycles. The highest BCUT2D eigenvalue weighted by molar-refractivity contribution is 7.13. The van der Waals surface area contributed by atoms with Gasteiger partial charge in [0, 0.05) is 28.5 Å². The predicted octanol–water partition coefficient (Wildman–Crippen LogP) is 4.87. The van der Waals surface area contributed by atoms with Crippen LogP contribution >= 0.6 is 11.3 Å². The van der Waals surface area contributed by atoms with E-state index in [0.717, 1.165) is 31.0 Å². The maximum absolute atomic E-state index is 14.7. The minimum absolute atomic E-state index is 0.0229. The van der Waals surface area contributed by atoms with Crippen molar-refractivity contribution >= 4 is 23.2 Å². The molecule has 4 N–H and O–H groups in total. The Labute approximate surface area is 258 Å². The molecule has 1 unspecified atom stereocenters. The van der Waals surface area contributed by atoms with E-state index in [1.807, 2.05) is 0 Å². The van der Waals surface area contributed by atoms with Gasteiger partial charge in [0.25, 0.3) is 5.91 Å². The third-order valence-corrected chi connectivity index (χ3v) is 8.70. The van der Waals surface area contributed by atoms with Crippen LogP contribution in [0.5, 0.6) is 11.5 Å². The third kappa shape index (κ3) is 5.59. The monoisotopic (exact) mass is 642 g/mol. The first kappa shape index (κ1) is 30.5. The largest absolute Gasteiger partial charge is 0.490 e. The minimum atomic E-state index is -5.35. The molecule has 2 amide bonds. The average molecular weight is 643 g/mol. The molecule has 2 aliphatic rings. The Morgan fingerprint density at radius 1 is 1.18 bits per heavy atom. The second-order valence-corrected chi connectivity index (χ2v) is 12.0. The molecule has 1 fully saturated rings. The SMILES string of the molecule is C[C@]1(C(N)=O)COc2c1cc(C(O)(CNC(=O)c1ccc(OC3CC3)c(-c3cncs3)c1)C(F)(F)F)nc2-c1ccc(F)cc1. The molecule has 9 nitrogen and oxygen atoms in total. The molecule has 234 valence electrons. The van der Waals surface area contributed by atoms with Gasteiger partial charge in [-0.15, -0.1) is 11.3 Å². The number of ether oxygens (including phenoxy) is 2. The highest BCUT2D eigenvalue weighted by Crippen LogP contribution is 2.48. The Morgan fingerprint density at radius 2 is 1.91 bits per heavy atom. The number of aliphatic hydroxyl groups is 1. The zero-order valence-corrected chi connectivity index (χ0v) is 24.5. The van der Waals surface area contributed by atoms with Crippen LogP contribution in [0.3, 0.4) is 0 Å². The molecule has 0 saturated heterocycles. The van der Waals surface area contributed by atoms with Gasteiger partial charge < -0.3 is 25.6 Å². The quantitative estimate of drug-likeness (QED) is 0.222. The smallest absolute Gasteiger partial charge is 0.424 e. The lowest BCUT2D eigenvalue weighted by Crippen LogP contribution is -2.51. The van der Waals surface area contributed by atoms with Crippen molar-refractivity contribution < 1.29 is 41.7 Å². The van der Waals surface area contributed by atoms with Gasteiger partial charge in [-0.3, -0.25) is 14.6 Å². The molecule has 14 heteroatoms. The number of thiazole rings is 1. The summed E-state index contributed by atoms with van der Waals surface area (Å²) in [5.41, 5.74) is 1.56. The molecular formula is C31H26F4N4O5S. The van der Waals surface area contributed by atoms with Crippen molar-refractivity contribution in [2.45, 2.75) is 43.1 Å². The number of pyridine rings is 1. The summed E-state index contributed by atoms with van der Waals surface area (Å²) in [5, 5.41) is 13.5. The van der Waals surface area contributed by atoms with Gasteiger partial charge in [-0.2, -0.15) is 13.2 Å². The van der Waals surface area contributed by atoms with Crippen LogP contribution in [0.1, 0.15) is 41.4 Å². The number of nitrogens with zero attached hydrogens (tertiary/aromatic N) is 2. The number of amides is 2. The minimum Gasteiger partial charge on any atom is -0.490 e. The van der Waals surface area contributed by atoms with Crippen LogP contribution in [-0.2, 0) is 15.8 Å². The summed E-state index contributed by atoms with van der Waals surface area (Å²) in [7, 11) is 0. The number of fused-ring (bicyclic) bond motifs is 1. The lowest BCUT2D eigenvalue weighted by molar-refractivity contribution is -0.265. The fraction of sp³-hybridized carbons (Fsp3) is 0.290. The van der Waals surface area contributed by atoms with E-state index >= 15 is 0 Å². The number of rotatable bonds is 9. The van der Waals surface area contributed by atoms with Crippen molar-refractivity contribution in [2.75, 3.05) is 13.2 Å². The van der Waals surface area contributed by atoms with E-state index in [1.54, 1.807) is 17.8 Å². The lowest BCUT2D eigenvalue weighted by atomic mass is 9.81. The number of hydrogen-bond acceptors (Lipinski definition) is 8. The van der Waals surface area contributed by atoms with Crippen molar-refractivity contribution in [3.8, 4) is 33.2 Å². The number of alkyl halides is 3. The normalized spacial score (nSPS) is 18.9. The molecule has 45 heavy (non-hydrogen) atoms. The zero-order chi connectivity index (χ0) is 32.1. The first-order chi connectivity index (χ1) is 21.3. The second-order valence-electron chi connectivity index (χ2n) is 11.2. The van der Waals surface area contributed by atoms with Crippen molar-refractivity contribution in [3.05, 3.63) is 82.9 Å². The number of halogens is 4. The molecule has 3 heterocycles. The molecule has 2 atom stereocenters. The van der Waals surface area contributed by atoms with E-state index in [4.69, 9.17) is 15.2 Å². The number of carbonyl (C=O) groups excluding carboxylic acids is 2. The van der Waals surface area contributed by atoms with Crippen LogP contribution in [0, 0.1) is 5.82 Å². The lowest BCUT2D eigenvalue weighted by Gasteiger charge is -2.31. The van der Waals surface area contributed by atoms with Gasteiger partial charge in [-0.05, 0) is 68.3 Å². The molecule has 0 bridgehead atoms. The highest BCUT2D eigenvalue weighted by atomic mass is 32.1. The fourth-order valence-electron chi connectivity index (χ4n) is 4.93. The Bertz CT molecular complexity index is 1780. The summed E-state index contributed by atoms with van der Waals surface area (Å²) in [6.07, 6.45) is -1.92. The second kappa shape index (κ2) is 11.1. The van der Waals surface area contributed by atoms with Gasteiger partial charge in [-0.25, -0.2) is 9.37 Å². The van der Waals surface area contributed by atoms with Gasteiger partial charge >= 0.3 is 6.18 Å². The summed E-state index contributed by atoms with van der Waals surface area (Å²) in [4.78, 5) is 34.5. The number of hydrogen-bond donors (Lipinski definition) is 3. The number of primary amides is 1. The number of nitrogens with two attached hydrogens (primary N) is 1. The topological polar surface area (TPSA) is 137 Å². The van der Waals surface area contributed by atoms with Crippen LogP contribution in [0.15, 0.2) is 60.2 Å². The summed E-state index contributed by atoms with van der Waals surface area (Å²) in [6.45, 7) is -0.222. The Kier molecular flexibility index (Phi) is 7.52. The summed E-state index contributed by atoms with van der Waals surface area (Å²) < 4.78 is 69.5. The maximum atomic E-state index is 14.7. The molecule has 0 radical (unpaired) electrons. The third-order valence-electron chi connectivity index (χ3n) is 7.89. The number of aromatic nitrogens is 2. The fourth-order valence-corrected chi connectivity index (χ4v) is 5.57. The first-order valence-electron chi connectivity index (χ1n) is 13.8. The molecule has 1 aliphatic heterocycles. The van der Waals surface area contributed by atoms with Gasteiger partial charge in [0.05, 0.1) is 28.7 Å². The number of carbonyl (C=O) groups is 2. The standard InChI is InChI=1S/C31H26F4N4O5S/c1-29(28(36)41)14-43-26-21(29)11-24(39-25(26)16-2-5-18(32)6-3-16)30(42,31(33,34)35)13-38-27(40)17-4-9-22(44-19-7-8-19)20(10-17)23-12-37-15-45-23/h2-6,9-12,15,19,42H,7-8,13-14H2,1H3,(H2,36,41)(H,38,40)/t29-,30?/m0/s1. The number of nitrogens with one attached hydrogen (secondary N) is 1. The molecule has 0 spiro atoms. The van der Waals surface area contributed by atoms with E-state index in [9.17, 15) is 32.3 Å². The van der Waals surface area contributed by atoms with E-state index < -0.39 is 47.1 Å². The van der Waals surface area contributed by atoms with E-state index in [1.165, 1.54) is 42.5 Å². The average Bonchev–Trinajstić information content (AvgIpc) is 3.51. The van der Waals surface area contributed by atoms with Crippen molar-refractivity contribution in [2.24, 2.45) is 5.73 Å². The van der Waals surface area contributed by atoms with Gasteiger partial charge in [0.1, 0.15) is 35.0 Å². The van der Waals surface area contributed by atoms with Gasteiger partial charge in [0.15, 0.2) is 0 Å². The van der Waals surface area contributed by atoms with Crippen LogP contribution < -0.4 is 20.5 Å². The molecule has 6 rings (SSSR count). The molecular weight excluding hydrogens is 616 g/mol. The van der Waals surface area contributed by atoms with Crippen LogP contribution in [0.25, 0.3) is 21.7 Å². The predicted molar refractivity (Wildman–Crippen MR) is 155 cm³/mol. The summed E-state index contributed by atoms with van der Waals surface area (Å²) >= 11 is 1.30. The summed E-state index contributed by atoms with van der Waals surface area (Å²) in [5.74, 6) is -1.89. The Morgan fingerprint density at radius 3 is 2.53 bits per heavy atom. The Balaban J connectivity index is 1.37. The van der Waals surface area contributed by atoms with Crippen molar-refractivity contribution in [1.82, 2.24) is 15.3 Å². The van der Waals surface area contributed by atoms with Crippen LogP contribution in [-0.4, -0.2) is 52.3 Å². The maximum Gasteiger partial charge on any atom is 0.424 e. The van der Waals surface area contributed by atoms with Crippen molar-refractivity contribution in [3.63, 3.8) is 0 Å². The first-order valence-corrected chi connectivity index (χ1v) is 14.7.